The molecule has 7 heteroatoms. The maximum atomic E-state index is 14.0. The summed E-state index contributed by atoms with van der Waals surface area (Å²) in [5.41, 5.74) is -0.242. The average molecular weight is 323 g/mol. The molecule has 124 valence electrons. The first-order valence-corrected chi connectivity index (χ1v) is 7.09. The lowest BCUT2D eigenvalue weighted by Crippen LogP contribution is -2.33. The molecule has 0 unspecified atom stereocenters. The summed E-state index contributed by atoms with van der Waals surface area (Å²) < 4.78 is 34.2. The van der Waals surface area contributed by atoms with E-state index < -0.39 is 23.5 Å². The van der Waals surface area contributed by atoms with Crippen LogP contribution in [0.15, 0.2) is 30.7 Å². The zero-order valence-corrected chi connectivity index (χ0v) is 13.5. The van der Waals surface area contributed by atoms with Crippen LogP contribution in [0.1, 0.15) is 26.3 Å². The first-order valence-electron chi connectivity index (χ1n) is 7.09. The molecule has 2 rings (SSSR count). The number of aromatic nitrogens is 2. The van der Waals surface area contributed by atoms with Crippen LogP contribution in [0, 0.1) is 11.8 Å². The third-order valence-corrected chi connectivity index (χ3v) is 2.98. The fourth-order valence-electron chi connectivity index (χ4n) is 1.96. The van der Waals surface area contributed by atoms with Crippen molar-refractivity contribution < 1.29 is 18.3 Å². The third kappa shape index (κ3) is 4.28. The predicted octanol–water partition coefficient (Wildman–Crippen LogP) is 3.52. The van der Waals surface area contributed by atoms with Crippen molar-refractivity contribution >= 4 is 6.09 Å². The van der Waals surface area contributed by atoms with Crippen LogP contribution < -0.4 is 0 Å². The van der Waals surface area contributed by atoms with Gasteiger partial charge in [-0.05, 0) is 32.9 Å². The molecule has 0 aliphatic heterocycles. The molecule has 0 aliphatic carbocycles. The molecule has 0 bridgehead atoms. The molecule has 0 N–H and O–H groups in total. The molecule has 0 aromatic carbocycles. The molecule has 2 aromatic rings. The molecule has 1 amide bonds. The zero-order chi connectivity index (χ0) is 17.2. The fraction of sp³-hybridized carbons (Fsp3) is 0.375. The quantitative estimate of drug-likeness (QED) is 0.812. The standard InChI is InChI=1S/C16H19F2N3O2/c1-16(2,3)23-15(22)20(4)8-11-9-21(10-12(11)17)13-6-5-7-19-14(13)18/h5-7,9-10H,8H2,1-4H3. The van der Waals surface area contributed by atoms with Gasteiger partial charge in [-0.3, -0.25) is 0 Å². The number of hydrogen-bond acceptors (Lipinski definition) is 3. The highest BCUT2D eigenvalue weighted by Gasteiger charge is 2.21. The number of amides is 1. The van der Waals surface area contributed by atoms with Crippen molar-refractivity contribution in [3.8, 4) is 5.69 Å². The van der Waals surface area contributed by atoms with E-state index in [2.05, 4.69) is 4.98 Å². The minimum atomic E-state index is -0.699. The van der Waals surface area contributed by atoms with Gasteiger partial charge in [-0.2, -0.15) is 4.39 Å². The molecule has 23 heavy (non-hydrogen) atoms. The monoisotopic (exact) mass is 323 g/mol. The molecule has 0 atom stereocenters. The first kappa shape index (κ1) is 16.9. The van der Waals surface area contributed by atoms with Crippen LogP contribution >= 0.6 is 0 Å². The number of ether oxygens (including phenoxy) is 1. The van der Waals surface area contributed by atoms with Crippen molar-refractivity contribution in [3.63, 3.8) is 0 Å². The summed E-state index contributed by atoms with van der Waals surface area (Å²) in [5, 5.41) is 0. The molecule has 0 radical (unpaired) electrons. The van der Waals surface area contributed by atoms with Crippen LogP contribution in [0.5, 0.6) is 0 Å². The van der Waals surface area contributed by atoms with E-state index >= 15 is 0 Å². The minimum absolute atomic E-state index is 0.00955. The highest BCUT2D eigenvalue weighted by atomic mass is 19.1. The van der Waals surface area contributed by atoms with E-state index in [0.29, 0.717) is 0 Å². The van der Waals surface area contributed by atoms with Crippen LogP contribution in [0.4, 0.5) is 13.6 Å². The molecule has 0 saturated carbocycles. The number of pyridine rings is 1. The van der Waals surface area contributed by atoms with Gasteiger partial charge < -0.3 is 14.2 Å². The molecule has 5 nitrogen and oxygen atoms in total. The van der Waals surface area contributed by atoms with Crippen molar-refractivity contribution in [3.05, 3.63) is 48.1 Å². The minimum Gasteiger partial charge on any atom is -0.444 e. The van der Waals surface area contributed by atoms with Crippen molar-refractivity contribution in [2.45, 2.75) is 32.9 Å². The SMILES string of the molecule is CN(Cc1cn(-c2cccnc2F)cc1F)C(=O)OC(C)(C)C. The van der Waals surface area contributed by atoms with Crippen molar-refractivity contribution in [2.24, 2.45) is 0 Å². The molecule has 0 fully saturated rings. The Bertz CT molecular complexity index is 708. The van der Waals surface area contributed by atoms with Gasteiger partial charge >= 0.3 is 6.09 Å². The second-order valence-electron chi connectivity index (χ2n) is 6.19. The Hall–Kier alpha value is -2.44. The van der Waals surface area contributed by atoms with E-state index in [1.165, 1.54) is 35.0 Å². The van der Waals surface area contributed by atoms with Crippen LogP contribution in [0.25, 0.3) is 5.69 Å². The van der Waals surface area contributed by atoms with E-state index in [-0.39, 0.29) is 17.8 Å². The molecular formula is C16H19F2N3O2. The molecule has 0 saturated heterocycles. The summed E-state index contributed by atoms with van der Waals surface area (Å²) >= 11 is 0. The number of carbonyl (C=O) groups is 1. The lowest BCUT2D eigenvalue weighted by atomic mass is 10.2. The Morgan fingerprint density at radius 3 is 2.65 bits per heavy atom. The maximum Gasteiger partial charge on any atom is 0.410 e. The van der Waals surface area contributed by atoms with Crippen LogP contribution in [-0.2, 0) is 11.3 Å². The molecule has 0 aliphatic rings. The summed E-state index contributed by atoms with van der Waals surface area (Å²) in [6.07, 6.45) is 3.34. The Morgan fingerprint density at radius 2 is 2.04 bits per heavy atom. The number of rotatable bonds is 3. The number of hydrogen-bond donors (Lipinski definition) is 0. The summed E-state index contributed by atoms with van der Waals surface area (Å²) in [6, 6.07) is 3.05. The van der Waals surface area contributed by atoms with E-state index in [4.69, 9.17) is 4.74 Å². The van der Waals surface area contributed by atoms with Gasteiger partial charge in [0, 0.05) is 31.2 Å². The Balaban J connectivity index is 2.16. The summed E-state index contributed by atoms with van der Waals surface area (Å²) in [6.45, 7) is 5.26. The Morgan fingerprint density at radius 1 is 1.35 bits per heavy atom. The highest BCUT2D eigenvalue weighted by molar-refractivity contribution is 5.67. The van der Waals surface area contributed by atoms with Crippen LogP contribution in [0.3, 0.4) is 0 Å². The zero-order valence-electron chi connectivity index (χ0n) is 13.5. The van der Waals surface area contributed by atoms with Crippen molar-refractivity contribution in [1.29, 1.82) is 0 Å². The first-order chi connectivity index (χ1) is 10.7. The second-order valence-corrected chi connectivity index (χ2v) is 6.19. The van der Waals surface area contributed by atoms with Gasteiger partial charge in [0.15, 0.2) is 0 Å². The largest absolute Gasteiger partial charge is 0.444 e. The van der Waals surface area contributed by atoms with Gasteiger partial charge in [-0.15, -0.1) is 0 Å². The molecular weight excluding hydrogens is 304 g/mol. The average Bonchev–Trinajstić information content (AvgIpc) is 2.78. The second kappa shape index (κ2) is 6.36. The number of carbonyl (C=O) groups excluding carboxylic acids is 1. The summed E-state index contributed by atoms with van der Waals surface area (Å²) in [7, 11) is 1.51. The summed E-state index contributed by atoms with van der Waals surface area (Å²) in [4.78, 5) is 16.7. The van der Waals surface area contributed by atoms with E-state index in [1.807, 2.05) is 0 Å². The third-order valence-electron chi connectivity index (χ3n) is 2.98. The lowest BCUT2D eigenvalue weighted by Gasteiger charge is -2.24. The topological polar surface area (TPSA) is 47.4 Å². The molecule has 0 spiro atoms. The fourth-order valence-corrected chi connectivity index (χ4v) is 1.96. The van der Waals surface area contributed by atoms with E-state index in [9.17, 15) is 13.6 Å². The normalized spacial score (nSPS) is 11.4. The Labute approximate surface area is 133 Å². The van der Waals surface area contributed by atoms with Crippen LogP contribution in [-0.4, -0.2) is 33.2 Å². The smallest absolute Gasteiger partial charge is 0.410 e. The number of nitrogens with zero attached hydrogens (tertiary/aromatic N) is 3. The Kier molecular flexibility index (Phi) is 4.68. The maximum absolute atomic E-state index is 14.0. The van der Waals surface area contributed by atoms with Gasteiger partial charge in [-0.25, -0.2) is 14.2 Å². The van der Waals surface area contributed by atoms with Crippen molar-refractivity contribution in [1.82, 2.24) is 14.5 Å². The van der Waals surface area contributed by atoms with Gasteiger partial charge in [0.25, 0.3) is 0 Å². The van der Waals surface area contributed by atoms with E-state index in [1.54, 1.807) is 26.8 Å². The van der Waals surface area contributed by atoms with Gasteiger partial charge in [0.2, 0.25) is 5.95 Å². The van der Waals surface area contributed by atoms with E-state index in [0.717, 1.165) is 6.20 Å². The summed E-state index contributed by atoms with van der Waals surface area (Å²) in [5.74, 6) is -1.24. The van der Waals surface area contributed by atoms with Crippen LogP contribution in [0.2, 0.25) is 0 Å². The lowest BCUT2D eigenvalue weighted by molar-refractivity contribution is 0.0284. The highest BCUT2D eigenvalue weighted by Crippen LogP contribution is 2.18. The van der Waals surface area contributed by atoms with Gasteiger partial charge in [0.05, 0.1) is 6.54 Å². The molecule has 2 aromatic heterocycles. The molecule has 2 heterocycles. The van der Waals surface area contributed by atoms with Gasteiger partial charge in [-0.1, -0.05) is 0 Å². The number of halogens is 2. The van der Waals surface area contributed by atoms with Gasteiger partial charge in [0.1, 0.15) is 17.1 Å². The predicted molar refractivity (Wildman–Crippen MR) is 81.2 cm³/mol. The van der Waals surface area contributed by atoms with Crippen molar-refractivity contribution in [2.75, 3.05) is 7.05 Å².